The number of carbonyl (C=O) groups is 1. The third-order valence-corrected chi connectivity index (χ3v) is 2.59. The molecule has 1 aromatic rings. The van der Waals surface area contributed by atoms with Crippen molar-refractivity contribution >= 4 is 6.29 Å². The fraction of sp³-hybridized carbons (Fsp3) is 0.462. The normalized spacial score (nSPS) is 10.1. The maximum Gasteiger partial charge on any atom is 0.120 e. The number of hydrogen-bond donors (Lipinski definition) is 0. The molecule has 0 aliphatic heterocycles. The van der Waals surface area contributed by atoms with E-state index >= 15 is 0 Å². The van der Waals surface area contributed by atoms with Crippen LogP contribution in [0, 0.1) is 0 Å². The van der Waals surface area contributed by atoms with Gasteiger partial charge in [0.25, 0.3) is 0 Å². The van der Waals surface area contributed by atoms with Crippen molar-refractivity contribution < 1.29 is 4.79 Å². The van der Waals surface area contributed by atoms with Crippen LogP contribution in [0.5, 0.6) is 0 Å². The fourth-order valence-electron chi connectivity index (χ4n) is 1.69. The highest BCUT2D eigenvalue weighted by atomic mass is 16.1. The van der Waals surface area contributed by atoms with Gasteiger partial charge in [0, 0.05) is 6.42 Å². The van der Waals surface area contributed by atoms with E-state index in [0.29, 0.717) is 6.42 Å². The number of benzene rings is 1. The molecular formula is C13H18O. The third-order valence-electron chi connectivity index (χ3n) is 2.59. The number of carbonyl (C=O) groups excluding carboxylic acids is 1. The molecule has 0 aromatic heterocycles. The van der Waals surface area contributed by atoms with E-state index in [4.69, 9.17) is 0 Å². The smallest absolute Gasteiger partial charge is 0.120 e. The highest BCUT2D eigenvalue weighted by Gasteiger charge is 2.01. The topological polar surface area (TPSA) is 17.1 Å². The van der Waals surface area contributed by atoms with Crippen molar-refractivity contribution in [3.8, 4) is 0 Å². The van der Waals surface area contributed by atoms with Crippen LogP contribution in [0.15, 0.2) is 18.2 Å². The summed E-state index contributed by atoms with van der Waals surface area (Å²) < 4.78 is 0. The second-order valence-electron chi connectivity index (χ2n) is 3.52. The van der Waals surface area contributed by atoms with E-state index in [1.54, 1.807) is 0 Å². The summed E-state index contributed by atoms with van der Waals surface area (Å²) in [5, 5.41) is 0. The van der Waals surface area contributed by atoms with E-state index in [1.807, 2.05) is 0 Å². The molecule has 14 heavy (non-hydrogen) atoms. The van der Waals surface area contributed by atoms with E-state index in [1.165, 1.54) is 16.7 Å². The Kier molecular flexibility index (Phi) is 4.37. The van der Waals surface area contributed by atoms with Crippen LogP contribution in [0.25, 0.3) is 0 Å². The summed E-state index contributed by atoms with van der Waals surface area (Å²) >= 11 is 0. The molecule has 76 valence electrons. The molecule has 1 nitrogen and oxygen atoms in total. The molecular weight excluding hydrogens is 172 g/mol. The Balaban J connectivity index is 2.89. The minimum Gasteiger partial charge on any atom is -0.303 e. The fourth-order valence-corrected chi connectivity index (χ4v) is 1.69. The van der Waals surface area contributed by atoms with Gasteiger partial charge in [0.15, 0.2) is 0 Å². The van der Waals surface area contributed by atoms with Gasteiger partial charge in [-0.3, -0.25) is 0 Å². The van der Waals surface area contributed by atoms with Crippen molar-refractivity contribution in [2.45, 2.75) is 39.5 Å². The molecule has 1 rings (SSSR count). The van der Waals surface area contributed by atoms with Gasteiger partial charge in [-0.1, -0.05) is 32.0 Å². The van der Waals surface area contributed by atoms with Gasteiger partial charge >= 0.3 is 0 Å². The highest BCUT2D eigenvalue weighted by Crippen LogP contribution is 2.15. The first-order valence-corrected chi connectivity index (χ1v) is 5.36. The second-order valence-corrected chi connectivity index (χ2v) is 3.52. The first-order chi connectivity index (χ1) is 6.81. The van der Waals surface area contributed by atoms with Crippen molar-refractivity contribution in [3.05, 3.63) is 34.9 Å². The van der Waals surface area contributed by atoms with Gasteiger partial charge < -0.3 is 4.79 Å². The van der Waals surface area contributed by atoms with Crippen molar-refractivity contribution in [3.63, 3.8) is 0 Å². The van der Waals surface area contributed by atoms with Crippen molar-refractivity contribution in [1.82, 2.24) is 0 Å². The molecule has 0 aliphatic carbocycles. The number of rotatable bonds is 5. The first kappa shape index (κ1) is 11.0. The molecule has 0 fully saturated rings. The van der Waals surface area contributed by atoms with Gasteiger partial charge in [0.2, 0.25) is 0 Å². The van der Waals surface area contributed by atoms with Gasteiger partial charge in [-0.05, 0) is 36.0 Å². The van der Waals surface area contributed by atoms with Crippen LogP contribution in [-0.4, -0.2) is 6.29 Å². The zero-order valence-electron chi connectivity index (χ0n) is 9.05. The standard InChI is InChI=1S/C13H18O/c1-3-11-7-8-12(4-2)13(10-11)6-5-9-14/h7-10H,3-6H2,1-2H3. The largest absolute Gasteiger partial charge is 0.303 e. The van der Waals surface area contributed by atoms with E-state index < -0.39 is 0 Å². The molecule has 0 unspecified atom stereocenters. The quantitative estimate of drug-likeness (QED) is 0.652. The van der Waals surface area contributed by atoms with E-state index in [9.17, 15) is 4.79 Å². The van der Waals surface area contributed by atoms with Crippen LogP contribution in [0.1, 0.15) is 37.0 Å². The molecule has 1 heteroatoms. The maximum absolute atomic E-state index is 10.3. The summed E-state index contributed by atoms with van der Waals surface area (Å²) in [6, 6.07) is 6.62. The SMILES string of the molecule is CCc1ccc(CC)c(CCC=O)c1. The molecule has 0 N–H and O–H groups in total. The molecule has 0 saturated heterocycles. The second kappa shape index (κ2) is 5.58. The van der Waals surface area contributed by atoms with Crippen molar-refractivity contribution in [2.24, 2.45) is 0 Å². The molecule has 1 aromatic carbocycles. The molecule has 0 atom stereocenters. The van der Waals surface area contributed by atoms with Crippen LogP contribution in [-0.2, 0) is 24.1 Å². The minimum absolute atomic E-state index is 0.639. The summed E-state index contributed by atoms with van der Waals surface area (Å²) in [6.45, 7) is 4.32. The number of hydrogen-bond acceptors (Lipinski definition) is 1. The number of aldehydes is 1. The van der Waals surface area contributed by atoms with E-state index in [-0.39, 0.29) is 0 Å². The average Bonchev–Trinajstić information content (AvgIpc) is 2.25. The summed E-state index contributed by atoms with van der Waals surface area (Å²) in [5.41, 5.74) is 4.09. The molecule has 0 spiro atoms. The summed E-state index contributed by atoms with van der Waals surface area (Å²) in [4.78, 5) is 10.3. The van der Waals surface area contributed by atoms with Gasteiger partial charge in [-0.25, -0.2) is 0 Å². The third kappa shape index (κ3) is 2.69. The summed E-state index contributed by atoms with van der Waals surface area (Å²) in [7, 11) is 0. The van der Waals surface area contributed by atoms with Crippen molar-refractivity contribution in [2.75, 3.05) is 0 Å². The molecule has 0 amide bonds. The number of aryl methyl sites for hydroxylation is 3. The lowest BCUT2D eigenvalue weighted by molar-refractivity contribution is -0.107. The predicted molar refractivity (Wildman–Crippen MR) is 59.6 cm³/mol. The van der Waals surface area contributed by atoms with Gasteiger partial charge in [0.05, 0.1) is 0 Å². The van der Waals surface area contributed by atoms with E-state index in [0.717, 1.165) is 25.5 Å². The van der Waals surface area contributed by atoms with Crippen LogP contribution >= 0.6 is 0 Å². The van der Waals surface area contributed by atoms with Crippen LogP contribution < -0.4 is 0 Å². The van der Waals surface area contributed by atoms with Gasteiger partial charge in [0.1, 0.15) is 6.29 Å². The molecule has 0 bridgehead atoms. The lowest BCUT2D eigenvalue weighted by Gasteiger charge is -2.08. The average molecular weight is 190 g/mol. The lowest BCUT2D eigenvalue weighted by Crippen LogP contribution is -1.95. The van der Waals surface area contributed by atoms with Crippen LogP contribution in [0.3, 0.4) is 0 Å². The Morgan fingerprint density at radius 1 is 1.14 bits per heavy atom. The Labute approximate surface area is 86.1 Å². The zero-order chi connectivity index (χ0) is 10.4. The first-order valence-electron chi connectivity index (χ1n) is 5.36. The Bertz CT molecular complexity index is 302. The molecule has 0 heterocycles. The molecule has 0 radical (unpaired) electrons. The van der Waals surface area contributed by atoms with Crippen molar-refractivity contribution in [1.29, 1.82) is 0 Å². The van der Waals surface area contributed by atoms with Gasteiger partial charge in [-0.15, -0.1) is 0 Å². The van der Waals surface area contributed by atoms with Crippen LogP contribution in [0.4, 0.5) is 0 Å². The summed E-state index contributed by atoms with van der Waals surface area (Å²) in [5.74, 6) is 0. The lowest BCUT2D eigenvalue weighted by atomic mass is 9.98. The monoisotopic (exact) mass is 190 g/mol. The Morgan fingerprint density at radius 2 is 1.93 bits per heavy atom. The maximum atomic E-state index is 10.3. The zero-order valence-corrected chi connectivity index (χ0v) is 9.05. The van der Waals surface area contributed by atoms with Gasteiger partial charge in [-0.2, -0.15) is 0 Å². The predicted octanol–water partition coefficient (Wildman–Crippen LogP) is 2.94. The Hall–Kier alpha value is -1.11. The molecule has 0 aliphatic rings. The highest BCUT2D eigenvalue weighted by molar-refractivity contribution is 5.50. The Morgan fingerprint density at radius 3 is 2.50 bits per heavy atom. The molecule has 0 saturated carbocycles. The van der Waals surface area contributed by atoms with Crippen LogP contribution in [0.2, 0.25) is 0 Å². The summed E-state index contributed by atoms with van der Waals surface area (Å²) in [6.07, 6.45) is 4.65. The van der Waals surface area contributed by atoms with E-state index in [2.05, 4.69) is 32.0 Å². The minimum atomic E-state index is 0.639.